The summed E-state index contributed by atoms with van der Waals surface area (Å²) in [6.07, 6.45) is 1.14. The highest BCUT2D eigenvalue weighted by atomic mass is 32.2. The maximum atomic E-state index is 12.5. The number of nitrogens with one attached hydrogen (secondary N) is 1. The van der Waals surface area contributed by atoms with Crippen LogP contribution in [0.1, 0.15) is 26.7 Å². The van der Waals surface area contributed by atoms with Crippen LogP contribution in [0.5, 0.6) is 0 Å². The van der Waals surface area contributed by atoms with Crippen LogP contribution in [0.2, 0.25) is 0 Å². The van der Waals surface area contributed by atoms with E-state index >= 15 is 0 Å². The van der Waals surface area contributed by atoms with Crippen LogP contribution in [0, 0.1) is 10.1 Å². The molecule has 10 heteroatoms. The summed E-state index contributed by atoms with van der Waals surface area (Å²) in [4.78, 5) is 20.8. The van der Waals surface area contributed by atoms with E-state index in [2.05, 4.69) is 4.72 Å². The first-order chi connectivity index (χ1) is 12.2. The highest BCUT2D eigenvalue weighted by Crippen LogP contribution is 2.23. The zero-order valence-corrected chi connectivity index (χ0v) is 15.4. The van der Waals surface area contributed by atoms with Crippen LogP contribution in [0.3, 0.4) is 0 Å². The van der Waals surface area contributed by atoms with Crippen molar-refractivity contribution >= 4 is 21.7 Å². The average molecular weight is 386 g/mol. The smallest absolute Gasteiger partial charge is 0.302 e. The third kappa shape index (κ3) is 6.21. The van der Waals surface area contributed by atoms with Crippen molar-refractivity contribution in [3.05, 3.63) is 45.5 Å². The van der Waals surface area contributed by atoms with E-state index < -0.39 is 38.1 Å². The minimum absolute atomic E-state index is 0.144. The van der Waals surface area contributed by atoms with E-state index in [4.69, 9.17) is 4.74 Å². The van der Waals surface area contributed by atoms with Gasteiger partial charge in [0, 0.05) is 19.5 Å². The number of hydrogen-bond acceptors (Lipinski definition) is 7. The molecule has 0 aliphatic rings. The number of rotatable bonds is 10. The summed E-state index contributed by atoms with van der Waals surface area (Å²) in [5.74, 6) is -0.521. The first-order valence-corrected chi connectivity index (χ1v) is 9.38. The molecule has 0 fully saturated rings. The van der Waals surface area contributed by atoms with Gasteiger partial charge in [0.2, 0.25) is 10.0 Å². The summed E-state index contributed by atoms with van der Waals surface area (Å²) in [6, 6.07) is 5.03. The van der Waals surface area contributed by atoms with E-state index in [1.54, 1.807) is 0 Å². The lowest BCUT2D eigenvalue weighted by molar-refractivity contribution is -0.387. The van der Waals surface area contributed by atoms with Crippen LogP contribution >= 0.6 is 0 Å². The number of nitro benzene ring substituents is 1. The summed E-state index contributed by atoms with van der Waals surface area (Å²) in [5, 5.41) is 20.5. The normalized spacial score (nSPS) is 12.4. The van der Waals surface area contributed by atoms with Crippen LogP contribution in [0.25, 0.3) is 0 Å². The molecule has 0 atom stereocenters. The number of ether oxygens (including phenoxy) is 1. The second-order valence-corrected chi connectivity index (χ2v) is 7.18. The molecule has 0 aliphatic heterocycles. The Balaban J connectivity index is 3.08. The van der Waals surface area contributed by atoms with Gasteiger partial charge in [0.15, 0.2) is 4.90 Å². The highest BCUT2D eigenvalue weighted by molar-refractivity contribution is 7.89. The van der Waals surface area contributed by atoms with E-state index in [1.807, 2.05) is 6.92 Å². The first-order valence-electron chi connectivity index (χ1n) is 7.90. The third-order valence-electron chi connectivity index (χ3n) is 3.52. The topological polar surface area (TPSA) is 136 Å². The number of nitro groups is 1. The van der Waals surface area contributed by atoms with Gasteiger partial charge in [0.25, 0.3) is 5.69 Å². The zero-order valence-electron chi connectivity index (χ0n) is 14.6. The lowest BCUT2D eigenvalue weighted by Crippen LogP contribution is -2.28. The van der Waals surface area contributed by atoms with Gasteiger partial charge in [-0.05, 0) is 18.1 Å². The predicted molar refractivity (Wildman–Crippen MR) is 93.9 cm³/mol. The van der Waals surface area contributed by atoms with Crippen molar-refractivity contribution in [1.29, 1.82) is 0 Å². The van der Waals surface area contributed by atoms with E-state index in [9.17, 15) is 28.4 Å². The molecule has 0 saturated heterocycles. The zero-order chi connectivity index (χ0) is 19.7. The van der Waals surface area contributed by atoms with Gasteiger partial charge in [-0.25, -0.2) is 13.1 Å². The summed E-state index contributed by atoms with van der Waals surface area (Å²) in [5.41, 5.74) is 0.439. The number of hydrogen-bond donors (Lipinski definition) is 2. The molecule has 1 aromatic rings. The van der Waals surface area contributed by atoms with Gasteiger partial charge in [0.05, 0.1) is 11.5 Å². The van der Waals surface area contributed by atoms with Gasteiger partial charge < -0.3 is 9.84 Å². The summed E-state index contributed by atoms with van der Waals surface area (Å²) in [6.45, 7) is 2.41. The van der Waals surface area contributed by atoms with Crippen LogP contribution in [-0.2, 0) is 19.6 Å². The Morgan fingerprint density at radius 3 is 2.50 bits per heavy atom. The largest absolute Gasteiger partial charge is 0.461 e. The van der Waals surface area contributed by atoms with Crippen molar-refractivity contribution in [2.45, 2.75) is 31.6 Å². The number of aliphatic hydroxyl groups is 1. The molecular weight excluding hydrogens is 364 g/mol. The van der Waals surface area contributed by atoms with Gasteiger partial charge in [0.1, 0.15) is 6.61 Å². The average Bonchev–Trinajstić information content (AvgIpc) is 2.59. The molecule has 144 valence electrons. The van der Waals surface area contributed by atoms with Gasteiger partial charge >= 0.3 is 5.97 Å². The molecule has 9 nitrogen and oxygen atoms in total. The van der Waals surface area contributed by atoms with Crippen molar-refractivity contribution in [2.75, 3.05) is 19.8 Å². The SMILES string of the molecule is CCC/C(CNS(=O)(=O)c1ccccc1[N+](=O)[O-])=C(\CO)COC(C)=O. The monoisotopic (exact) mass is 386 g/mol. The molecule has 1 rings (SSSR count). The van der Waals surface area contributed by atoms with Crippen LogP contribution in [0.4, 0.5) is 5.69 Å². The highest BCUT2D eigenvalue weighted by Gasteiger charge is 2.25. The first kappa shape index (κ1) is 21.7. The Labute approximate surface area is 151 Å². The number of para-hydroxylation sites is 1. The molecule has 26 heavy (non-hydrogen) atoms. The number of aliphatic hydroxyl groups excluding tert-OH is 1. The van der Waals surface area contributed by atoms with Crippen molar-refractivity contribution in [3.63, 3.8) is 0 Å². The molecule has 0 saturated carbocycles. The summed E-state index contributed by atoms with van der Waals surface area (Å²) in [7, 11) is -4.14. The van der Waals surface area contributed by atoms with E-state index in [0.29, 0.717) is 24.0 Å². The van der Waals surface area contributed by atoms with Crippen LogP contribution < -0.4 is 4.72 Å². The number of esters is 1. The van der Waals surface area contributed by atoms with Gasteiger partial charge in [-0.1, -0.05) is 31.1 Å². The van der Waals surface area contributed by atoms with Gasteiger partial charge in [-0.2, -0.15) is 0 Å². The predicted octanol–water partition coefficient (Wildman–Crippen LogP) is 1.53. The van der Waals surface area contributed by atoms with Crippen molar-refractivity contribution in [3.8, 4) is 0 Å². The number of benzene rings is 1. The number of sulfonamides is 1. The molecule has 0 unspecified atom stereocenters. The molecule has 0 bridgehead atoms. The Morgan fingerprint density at radius 1 is 1.31 bits per heavy atom. The molecule has 1 aromatic carbocycles. The Kier molecular flexibility index (Phi) is 8.36. The van der Waals surface area contributed by atoms with Gasteiger partial charge in [-0.15, -0.1) is 0 Å². The molecule has 0 aliphatic carbocycles. The molecule has 0 aromatic heterocycles. The molecule has 2 N–H and O–H groups in total. The third-order valence-corrected chi connectivity index (χ3v) is 4.97. The van der Waals surface area contributed by atoms with Gasteiger partial charge in [-0.3, -0.25) is 14.9 Å². The van der Waals surface area contributed by atoms with Crippen molar-refractivity contribution < 1.29 is 28.0 Å². The second-order valence-electron chi connectivity index (χ2n) is 5.44. The minimum atomic E-state index is -4.14. The molecule has 0 radical (unpaired) electrons. The van der Waals surface area contributed by atoms with Crippen molar-refractivity contribution in [1.82, 2.24) is 4.72 Å². The Morgan fingerprint density at radius 2 is 1.96 bits per heavy atom. The number of carbonyl (C=O) groups excluding carboxylic acids is 1. The standard InChI is InChI=1S/C16H22N2O7S/c1-3-6-13(14(10-19)11-25-12(2)20)9-17-26(23,24)16-8-5-4-7-15(16)18(21)22/h4-5,7-8,17,19H,3,6,9-11H2,1-2H3/b14-13-. The van der Waals surface area contributed by atoms with Crippen LogP contribution in [-0.4, -0.2) is 44.2 Å². The minimum Gasteiger partial charge on any atom is -0.461 e. The lowest BCUT2D eigenvalue weighted by Gasteiger charge is -2.15. The molecular formula is C16H22N2O7S. The van der Waals surface area contributed by atoms with Crippen LogP contribution in [0.15, 0.2) is 40.3 Å². The Hall–Kier alpha value is -2.30. The fourth-order valence-corrected chi connectivity index (χ4v) is 3.43. The quantitative estimate of drug-likeness (QED) is 0.269. The maximum Gasteiger partial charge on any atom is 0.302 e. The Bertz CT molecular complexity index is 788. The fraction of sp³-hybridized carbons (Fsp3) is 0.438. The van der Waals surface area contributed by atoms with E-state index in [1.165, 1.54) is 19.1 Å². The molecule has 0 spiro atoms. The summed E-state index contributed by atoms with van der Waals surface area (Å²) < 4.78 is 32.1. The molecule has 0 amide bonds. The van der Waals surface area contributed by atoms with E-state index in [-0.39, 0.29) is 13.2 Å². The lowest BCUT2D eigenvalue weighted by atomic mass is 10.0. The van der Waals surface area contributed by atoms with Crippen molar-refractivity contribution in [2.24, 2.45) is 0 Å². The fourth-order valence-electron chi connectivity index (χ4n) is 2.24. The van der Waals surface area contributed by atoms with E-state index in [0.717, 1.165) is 12.1 Å². The number of nitrogens with zero attached hydrogens (tertiary/aromatic N) is 1. The molecule has 0 heterocycles. The summed E-state index contributed by atoms with van der Waals surface area (Å²) >= 11 is 0. The maximum absolute atomic E-state index is 12.5. The number of carbonyl (C=O) groups is 1. The second kappa shape index (κ2) is 10.00.